The number of imidazole rings is 1. The summed E-state index contributed by atoms with van der Waals surface area (Å²) in [5, 5.41) is 0.744. The molecule has 18 heavy (non-hydrogen) atoms. The fourth-order valence-corrected chi connectivity index (χ4v) is 2.14. The van der Waals surface area contributed by atoms with Crippen molar-refractivity contribution in [2.75, 3.05) is 23.4 Å². The number of nitrogens with two attached hydrogens (primary N) is 1. The smallest absolute Gasteiger partial charge is 0.237 e. The summed E-state index contributed by atoms with van der Waals surface area (Å²) >= 11 is 1.38. The zero-order valence-corrected chi connectivity index (χ0v) is 10.8. The summed E-state index contributed by atoms with van der Waals surface area (Å²) in [5.74, 6) is 0.357. The molecule has 3 N–H and O–H groups in total. The minimum absolute atomic E-state index is 0.0150. The number of rotatable bonds is 4. The van der Waals surface area contributed by atoms with Gasteiger partial charge in [0.1, 0.15) is 0 Å². The van der Waals surface area contributed by atoms with Crippen LogP contribution in [0.1, 0.15) is 0 Å². The third-order valence-electron chi connectivity index (χ3n) is 2.46. The van der Waals surface area contributed by atoms with Crippen LogP contribution < -0.4 is 10.6 Å². The molecular formula is C12H14N4OS. The molecule has 0 spiro atoms. The fourth-order valence-electron chi connectivity index (χ4n) is 1.40. The predicted octanol–water partition coefficient (Wildman–Crippen LogP) is 1.75. The summed E-state index contributed by atoms with van der Waals surface area (Å²) in [7, 11) is 1.75. The van der Waals surface area contributed by atoms with E-state index < -0.39 is 0 Å². The molecule has 5 nitrogen and oxygen atoms in total. The maximum absolute atomic E-state index is 12.0. The summed E-state index contributed by atoms with van der Waals surface area (Å²) in [6.45, 7) is 0. The number of hydrogen-bond donors (Lipinski definition) is 2. The van der Waals surface area contributed by atoms with Crippen LogP contribution in [0.5, 0.6) is 0 Å². The second-order valence-electron chi connectivity index (χ2n) is 3.73. The number of amides is 1. The second-order valence-corrected chi connectivity index (χ2v) is 4.69. The first-order valence-electron chi connectivity index (χ1n) is 5.41. The van der Waals surface area contributed by atoms with Crippen LogP contribution >= 0.6 is 11.8 Å². The van der Waals surface area contributed by atoms with Crippen molar-refractivity contribution >= 4 is 29.0 Å². The van der Waals surface area contributed by atoms with Gasteiger partial charge in [-0.2, -0.15) is 0 Å². The molecule has 0 aliphatic carbocycles. The van der Waals surface area contributed by atoms with E-state index in [1.807, 2.05) is 12.1 Å². The van der Waals surface area contributed by atoms with Gasteiger partial charge in [-0.15, -0.1) is 0 Å². The van der Waals surface area contributed by atoms with E-state index in [-0.39, 0.29) is 5.91 Å². The molecule has 2 rings (SSSR count). The van der Waals surface area contributed by atoms with Crippen molar-refractivity contribution in [2.24, 2.45) is 0 Å². The van der Waals surface area contributed by atoms with Gasteiger partial charge in [0.2, 0.25) is 5.91 Å². The molecule has 1 heterocycles. The molecule has 1 aromatic carbocycles. The van der Waals surface area contributed by atoms with Gasteiger partial charge >= 0.3 is 0 Å². The van der Waals surface area contributed by atoms with Gasteiger partial charge in [-0.3, -0.25) is 4.79 Å². The maximum Gasteiger partial charge on any atom is 0.237 e. The van der Waals surface area contributed by atoms with Crippen LogP contribution in [-0.4, -0.2) is 28.7 Å². The Morgan fingerprint density at radius 1 is 1.44 bits per heavy atom. The number of nitrogens with zero attached hydrogens (tertiary/aromatic N) is 2. The fraction of sp³-hybridized carbons (Fsp3) is 0.167. The minimum Gasteiger partial charge on any atom is -0.399 e. The molecule has 1 amide bonds. The van der Waals surface area contributed by atoms with Crippen LogP contribution in [0.25, 0.3) is 0 Å². The van der Waals surface area contributed by atoms with Crippen molar-refractivity contribution in [3.63, 3.8) is 0 Å². The van der Waals surface area contributed by atoms with E-state index in [4.69, 9.17) is 5.73 Å². The molecule has 2 aromatic rings. The molecule has 0 saturated carbocycles. The molecular weight excluding hydrogens is 248 g/mol. The average Bonchev–Trinajstić information content (AvgIpc) is 2.89. The Hall–Kier alpha value is -1.95. The van der Waals surface area contributed by atoms with Crippen molar-refractivity contribution in [1.29, 1.82) is 0 Å². The molecule has 0 atom stereocenters. The molecule has 0 radical (unpaired) electrons. The number of benzene rings is 1. The third-order valence-corrected chi connectivity index (χ3v) is 3.35. The van der Waals surface area contributed by atoms with Gasteiger partial charge in [0, 0.05) is 30.8 Å². The van der Waals surface area contributed by atoms with Crippen molar-refractivity contribution in [1.82, 2.24) is 9.97 Å². The molecule has 0 fully saturated rings. The van der Waals surface area contributed by atoms with Gasteiger partial charge in [-0.1, -0.05) is 11.8 Å². The first-order valence-corrected chi connectivity index (χ1v) is 6.39. The standard InChI is InChI=1S/C12H14N4OS/c1-16(10-4-2-9(13)3-5-10)11(17)8-18-12-14-6-7-15-12/h2-7H,8,13H2,1H3,(H,14,15). The Morgan fingerprint density at radius 2 is 2.17 bits per heavy atom. The highest BCUT2D eigenvalue weighted by Gasteiger charge is 2.11. The quantitative estimate of drug-likeness (QED) is 0.650. The Kier molecular flexibility index (Phi) is 3.88. The van der Waals surface area contributed by atoms with E-state index >= 15 is 0 Å². The van der Waals surface area contributed by atoms with Crippen LogP contribution in [0.15, 0.2) is 41.8 Å². The average molecular weight is 262 g/mol. The van der Waals surface area contributed by atoms with Gasteiger partial charge in [0.15, 0.2) is 5.16 Å². The second kappa shape index (κ2) is 5.59. The number of nitrogen functional groups attached to an aromatic ring is 1. The summed E-state index contributed by atoms with van der Waals surface area (Å²) in [6.07, 6.45) is 3.40. The number of nitrogens with one attached hydrogen (secondary N) is 1. The molecule has 0 aliphatic rings. The van der Waals surface area contributed by atoms with E-state index in [1.54, 1.807) is 36.5 Å². The van der Waals surface area contributed by atoms with E-state index in [1.165, 1.54) is 11.8 Å². The van der Waals surface area contributed by atoms with Gasteiger partial charge in [-0.25, -0.2) is 4.98 Å². The van der Waals surface area contributed by atoms with Gasteiger partial charge in [0.25, 0.3) is 0 Å². The van der Waals surface area contributed by atoms with E-state index in [0.29, 0.717) is 11.4 Å². The monoisotopic (exact) mass is 262 g/mol. The number of thioether (sulfide) groups is 1. The summed E-state index contributed by atoms with van der Waals surface area (Å²) in [5.41, 5.74) is 7.12. The Bertz CT molecular complexity index is 509. The Balaban J connectivity index is 1.94. The third kappa shape index (κ3) is 3.04. The summed E-state index contributed by atoms with van der Waals surface area (Å²) in [6, 6.07) is 7.20. The van der Waals surface area contributed by atoms with Crippen molar-refractivity contribution in [2.45, 2.75) is 5.16 Å². The molecule has 6 heteroatoms. The molecule has 94 valence electrons. The molecule has 0 bridgehead atoms. The Morgan fingerprint density at radius 3 is 2.78 bits per heavy atom. The lowest BCUT2D eigenvalue weighted by Crippen LogP contribution is -2.27. The topological polar surface area (TPSA) is 75.0 Å². The van der Waals surface area contributed by atoms with E-state index in [9.17, 15) is 4.79 Å². The van der Waals surface area contributed by atoms with Crippen molar-refractivity contribution in [3.05, 3.63) is 36.7 Å². The SMILES string of the molecule is CN(C(=O)CSc1ncc[nH]1)c1ccc(N)cc1. The molecule has 0 unspecified atom stereocenters. The number of aromatic nitrogens is 2. The van der Waals surface area contributed by atoms with Crippen LogP contribution in [0, 0.1) is 0 Å². The highest BCUT2D eigenvalue weighted by Crippen LogP contribution is 2.17. The van der Waals surface area contributed by atoms with Crippen molar-refractivity contribution in [3.8, 4) is 0 Å². The van der Waals surface area contributed by atoms with Crippen LogP contribution in [0.4, 0.5) is 11.4 Å². The lowest BCUT2D eigenvalue weighted by molar-refractivity contribution is -0.115. The number of hydrogen-bond acceptors (Lipinski definition) is 4. The molecule has 0 saturated heterocycles. The van der Waals surface area contributed by atoms with Gasteiger partial charge < -0.3 is 15.6 Å². The summed E-state index contributed by atoms with van der Waals surface area (Å²) < 4.78 is 0. The summed E-state index contributed by atoms with van der Waals surface area (Å²) in [4.78, 5) is 20.6. The number of carbonyl (C=O) groups is 1. The lowest BCUT2D eigenvalue weighted by atomic mass is 10.2. The van der Waals surface area contributed by atoms with Crippen molar-refractivity contribution < 1.29 is 4.79 Å². The van der Waals surface area contributed by atoms with E-state index in [2.05, 4.69) is 9.97 Å². The zero-order valence-electron chi connectivity index (χ0n) is 9.96. The van der Waals surface area contributed by atoms with E-state index in [0.717, 1.165) is 10.8 Å². The van der Waals surface area contributed by atoms with Gasteiger partial charge in [-0.05, 0) is 24.3 Å². The van der Waals surface area contributed by atoms with Crippen LogP contribution in [-0.2, 0) is 4.79 Å². The highest BCUT2D eigenvalue weighted by atomic mass is 32.2. The number of H-pyrrole nitrogens is 1. The highest BCUT2D eigenvalue weighted by molar-refractivity contribution is 7.99. The predicted molar refractivity (Wildman–Crippen MR) is 73.6 cm³/mol. The Labute approximate surface area is 109 Å². The molecule has 0 aliphatic heterocycles. The lowest BCUT2D eigenvalue weighted by Gasteiger charge is -2.16. The van der Waals surface area contributed by atoms with Crippen LogP contribution in [0.3, 0.4) is 0 Å². The van der Waals surface area contributed by atoms with Gasteiger partial charge in [0.05, 0.1) is 5.75 Å². The number of carbonyl (C=O) groups excluding carboxylic acids is 1. The number of aromatic amines is 1. The zero-order chi connectivity index (χ0) is 13.0. The van der Waals surface area contributed by atoms with Crippen LogP contribution in [0.2, 0.25) is 0 Å². The molecule has 1 aromatic heterocycles. The normalized spacial score (nSPS) is 10.3. The number of anilines is 2. The minimum atomic E-state index is 0.0150. The maximum atomic E-state index is 12.0. The largest absolute Gasteiger partial charge is 0.399 e. The first kappa shape index (κ1) is 12.5. The first-order chi connectivity index (χ1) is 8.66.